The predicted octanol–water partition coefficient (Wildman–Crippen LogP) is 3.64. The molecule has 2 aromatic rings. The van der Waals surface area contributed by atoms with Gasteiger partial charge < -0.3 is 20.5 Å². The Morgan fingerprint density at radius 3 is 2.69 bits per heavy atom. The number of Topliss-reactive ketones (excluding diaryl/α,β-unsaturated/α-hetero) is 1. The van der Waals surface area contributed by atoms with Gasteiger partial charge in [0.25, 0.3) is 0 Å². The smallest absolute Gasteiger partial charge is 0.437 e. The van der Waals surface area contributed by atoms with Crippen LogP contribution in [0.3, 0.4) is 0 Å². The molecule has 0 aliphatic carbocycles. The molecule has 6 nitrogen and oxygen atoms in total. The van der Waals surface area contributed by atoms with Gasteiger partial charge in [0, 0.05) is 0 Å². The van der Waals surface area contributed by atoms with E-state index in [9.17, 15) is 27.9 Å². The molecule has 3 N–H and O–H groups in total. The van der Waals surface area contributed by atoms with Crippen LogP contribution in [0.5, 0.6) is 5.75 Å². The number of alkyl halides is 3. The molecular formula is C19H19F3N2O4S. The van der Waals surface area contributed by atoms with Crippen molar-refractivity contribution in [1.29, 1.82) is 0 Å². The Labute approximate surface area is 168 Å². The number of thiophene rings is 1. The van der Waals surface area contributed by atoms with Crippen molar-refractivity contribution in [2.45, 2.75) is 31.3 Å². The Hall–Kier alpha value is -2.59. The fourth-order valence-electron chi connectivity index (χ4n) is 3.21. The van der Waals surface area contributed by atoms with Gasteiger partial charge in [-0.15, -0.1) is 11.3 Å². The van der Waals surface area contributed by atoms with Crippen LogP contribution in [0, 0.1) is 5.92 Å². The van der Waals surface area contributed by atoms with Gasteiger partial charge in [0.2, 0.25) is 5.72 Å². The zero-order valence-electron chi connectivity index (χ0n) is 15.3. The van der Waals surface area contributed by atoms with Gasteiger partial charge in [0.15, 0.2) is 5.78 Å². The second kappa shape index (κ2) is 8.03. The molecular weight excluding hydrogens is 409 g/mol. The SMILES string of the molecule is CCCOc1cccc(C2NC(=O)NC(O)(C(F)(F)F)C2C(=O)c2cccs2)c1. The van der Waals surface area contributed by atoms with E-state index in [1.165, 1.54) is 29.6 Å². The lowest BCUT2D eigenvalue weighted by molar-refractivity contribution is -0.287. The normalized spacial score (nSPS) is 24.5. The van der Waals surface area contributed by atoms with Gasteiger partial charge in [-0.1, -0.05) is 25.1 Å². The monoisotopic (exact) mass is 428 g/mol. The maximum absolute atomic E-state index is 13.8. The van der Waals surface area contributed by atoms with E-state index in [4.69, 9.17) is 4.74 Å². The van der Waals surface area contributed by atoms with Crippen LogP contribution in [0.1, 0.15) is 34.6 Å². The van der Waals surface area contributed by atoms with Crippen molar-refractivity contribution in [3.63, 3.8) is 0 Å². The van der Waals surface area contributed by atoms with Crippen LogP contribution < -0.4 is 15.4 Å². The first-order chi connectivity index (χ1) is 13.7. The average molecular weight is 428 g/mol. The van der Waals surface area contributed by atoms with E-state index in [0.29, 0.717) is 12.4 Å². The largest absolute Gasteiger partial charge is 0.494 e. The number of benzene rings is 1. The number of carbonyl (C=O) groups is 2. The molecule has 3 rings (SSSR count). The number of halogens is 3. The Kier molecular flexibility index (Phi) is 5.85. The summed E-state index contributed by atoms with van der Waals surface area (Å²) in [5.41, 5.74) is -3.52. The molecule has 3 unspecified atom stereocenters. The van der Waals surface area contributed by atoms with Crippen molar-refractivity contribution in [2.24, 2.45) is 5.92 Å². The van der Waals surface area contributed by atoms with Gasteiger partial charge in [-0.25, -0.2) is 4.79 Å². The van der Waals surface area contributed by atoms with Crippen LogP contribution in [-0.2, 0) is 0 Å². The zero-order chi connectivity index (χ0) is 21.2. The number of carbonyl (C=O) groups excluding carboxylic acids is 2. The number of ether oxygens (including phenoxy) is 1. The van der Waals surface area contributed by atoms with E-state index in [0.717, 1.165) is 17.8 Å². The third-order valence-corrected chi connectivity index (χ3v) is 5.43. The van der Waals surface area contributed by atoms with Crippen LogP contribution in [-0.4, -0.2) is 35.4 Å². The fraction of sp³-hybridized carbons (Fsp3) is 0.368. The van der Waals surface area contributed by atoms with E-state index >= 15 is 0 Å². The summed E-state index contributed by atoms with van der Waals surface area (Å²) in [5.74, 6) is -2.59. The Morgan fingerprint density at radius 1 is 1.31 bits per heavy atom. The second-order valence-corrected chi connectivity index (χ2v) is 7.53. The summed E-state index contributed by atoms with van der Waals surface area (Å²) in [7, 11) is 0. The summed E-state index contributed by atoms with van der Waals surface area (Å²) in [4.78, 5) is 25.0. The standard InChI is InChI=1S/C19H19F3N2O4S/c1-2-8-28-12-6-3-5-11(10-12)15-14(16(25)13-7-4-9-29-13)18(27,19(20,21)22)24-17(26)23-15/h3-7,9-10,14-15,27H,2,8H2,1H3,(H2,23,24,26). The molecule has 1 aliphatic rings. The lowest BCUT2D eigenvalue weighted by atomic mass is 9.78. The minimum atomic E-state index is -5.28. The highest BCUT2D eigenvalue weighted by Gasteiger charge is 2.66. The molecule has 29 heavy (non-hydrogen) atoms. The first-order valence-electron chi connectivity index (χ1n) is 8.85. The summed E-state index contributed by atoms with van der Waals surface area (Å²) in [6.07, 6.45) is -4.56. The number of aliphatic hydroxyl groups is 1. The molecule has 1 saturated heterocycles. The molecule has 0 saturated carbocycles. The number of ketones is 1. The summed E-state index contributed by atoms with van der Waals surface area (Å²) >= 11 is 0.955. The second-order valence-electron chi connectivity index (χ2n) is 6.58. The Bertz CT molecular complexity index is 888. The molecule has 0 bridgehead atoms. The number of amides is 2. The predicted molar refractivity (Wildman–Crippen MR) is 99.8 cm³/mol. The minimum Gasteiger partial charge on any atom is -0.494 e. The van der Waals surface area contributed by atoms with Crippen LogP contribution >= 0.6 is 11.3 Å². The summed E-state index contributed by atoms with van der Waals surface area (Å²) in [5, 5.41) is 15.9. The van der Waals surface area contributed by atoms with Crippen molar-refractivity contribution < 1.29 is 32.6 Å². The highest BCUT2D eigenvalue weighted by atomic mass is 32.1. The lowest BCUT2D eigenvalue weighted by Gasteiger charge is -2.44. The van der Waals surface area contributed by atoms with E-state index in [1.807, 2.05) is 6.92 Å². The molecule has 1 aromatic carbocycles. The van der Waals surface area contributed by atoms with Crippen LogP contribution in [0.25, 0.3) is 0 Å². The average Bonchev–Trinajstić information content (AvgIpc) is 3.19. The molecule has 2 amide bonds. The quantitative estimate of drug-likeness (QED) is 0.613. The molecule has 0 spiro atoms. The number of nitrogens with one attached hydrogen (secondary N) is 2. The number of urea groups is 1. The zero-order valence-corrected chi connectivity index (χ0v) is 16.1. The summed E-state index contributed by atoms with van der Waals surface area (Å²) in [6.45, 7) is 2.29. The summed E-state index contributed by atoms with van der Waals surface area (Å²) < 4.78 is 47.0. The number of rotatable bonds is 6. The molecule has 3 atom stereocenters. The van der Waals surface area contributed by atoms with Crippen LogP contribution in [0.4, 0.5) is 18.0 Å². The van der Waals surface area contributed by atoms with E-state index in [1.54, 1.807) is 17.5 Å². The lowest BCUT2D eigenvalue weighted by Crippen LogP contribution is -2.72. The molecule has 2 heterocycles. The van der Waals surface area contributed by atoms with E-state index in [2.05, 4.69) is 5.32 Å². The minimum absolute atomic E-state index is 0.0408. The van der Waals surface area contributed by atoms with Gasteiger partial charge in [-0.3, -0.25) is 4.79 Å². The Morgan fingerprint density at radius 2 is 2.07 bits per heavy atom. The first kappa shape index (κ1) is 21.1. The third-order valence-electron chi connectivity index (χ3n) is 4.54. The maximum atomic E-state index is 13.8. The topological polar surface area (TPSA) is 87.7 Å². The first-order valence-corrected chi connectivity index (χ1v) is 9.73. The molecule has 1 aliphatic heterocycles. The molecule has 0 radical (unpaired) electrons. The fourth-order valence-corrected chi connectivity index (χ4v) is 3.91. The molecule has 1 fully saturated rings. The van der Waals surface area contributed by atoms with Crippen LogP contribution in [0.2, 0.25) is 0 Å². The molecule has 156 valence electrons. The molecule has 10 heteroatoms. The van der Waals surface area contributed by atoms with E-state index < -0.39 is 35.7 Å². The van der Waals surface area contributed by atoms with Crippen molar-refractivity contribution >= 4 is 23.2 Å². The third kappa shape index (κ3) is 4.08. The number of hydrogen-bond donors (Lipinski definition) is 3. The van der Waals surface area contributed by atoms with Crippen LogP contribution in [0.15, 0.2) is 41.8 Å². The van der Waals surface area contributed by atoms with Gasteiger partial charge in [-0.2, -0.15) is 13.2 Å². The maximum Gasteiger partial charge on any atom is 0.437 e. The van der Waals surface area contributed by atoms with Crippen molar-refractivity contribution in [3.05, 3.63) is 52.2 Å². The molecule has 1 aromatic heterocycles. The van der Waals surface area contributed by atoms with Crippen molar-refractivity contribution in [2.75, 3.05) is 6.61 Å². The van der Waals surface area contributed by atoms with Crippen molar-refractivity contribution in [1.82, 2.24) is 10.6 Å². The highest BCUT2D eigenvalue weighted by Crippen LogP contribution is 2.44. The number of hydrogen-bond acceptors (Lipinski definition) is 5. The highest BCUT2D eigenvalue weighted by molar-refractivity contribution is 7.12. The van der Waals surface area contributed by atoms with E-state index in [-0.39, 0.29) is 10.4 Å². The van der Waals surface area contributed by atoms with Gasteiger partial charge in [0.05, 0.1) is 17.5 Å². The van der Waals surface area contributed by atoms with Gasteiger partial charge >= 0.3 is 12.2 Å². The van der Waals surface area contributed by atoms with Gasteiger partial charge in [0.1, 0.15) is 11.7 Å². The Balaban J connectivity index is 2.09. The van der Waals surface area contributed by atoms with Gasteiger partial charge in [-0.05, 0) is 35.6 Å². The summed E-state index contributed by atoms with van der Waals surface area (Å²) in [6, 6.07) is 6.34. The van der Waals surface area contributed by atoms with Crippen molar-refractivity contribution in [3.8, 4) is 5.75 Å².